The highest BCUT2D eigenvalue weighted by Crippen LogP contribution is 2.21. The normalized spacial score (nSPS) is 12.8. The Balaban J connectivity index is 3.09. The maximum atomic E-state index is 5.64. The van der Waals surface area contributed by atoms with Gasteiger partial charge in [-0.25, -0.2) is 0 Å². The van der Waals surface area contributed by atoms with Crippen molar-refractivity contribution in [2.45, 2.75) is 85.7 Å². The van der Waals surface area contributed by atoms with Crippen LogP contribution in [0.25, 0.3) is 0 Å². The molecule has 0 aromatic carbocycles. The largest absolute Gasteiger partial charge is 0.381 e. The molecule has 0 rings (SSSR count). The Morgan fingerprint density at radius 3 is 1.55 bits per heavy atom. The van der Waals surface area contributed by atoms with E-state index in [9.17, 15) is 0 Å². The van der Waals surface area contributed by atoms with E-state index in [1.165, 1.54) is 25.7 Å². The van der Waals surface area contributed by atoms with Crippen molar-refractivity contribution in [1.29, 1.82) is 0 Å². The molecule has 0 saturated heterocycles. The summed E-state index contributed by atoms with van der Waals surface area (Å²) in [5, 5.41) is 0. The van der Waals surface area contributed by atoms with E-state index < -0.39 is 0 Å². The molecular weight excluding hydrogens is 276 g/mol. The van der Waals surface area contributed by atoms with Crippen LogP contribution in [0.5, 0.6) is 0 Å². The molecule has 0 amide bonds. The maximum Gasteiger partial charge on any atom is 0.0598 e. The molecule has 0 unspecified atom stereocenters. The molecule has 0 bridgehead atoms. The van der Waals surface area contributed by atoms with Gasteiger partial charge in [0.15, 0.2) is 0 Å². The van der Waals surface area contributed by atoms with Crippen molar-refractivity contribution in [3.8, 4) is 0 Å². The second-order valence-corrected chi connectivity index (χ2v) is 8.26. The lowest BCUT2D eigenvalue weighted by atomic mass is 9.89. The van der Waals surface area contributed by atoms with Gasteiger partial charge in [0, 0.05) is 33.0 Å². The van der Waals surface area contributed by atoms with E-state index >= 15 is 0 Å². The second kappa shape index (κ2) is 12.3. The summed E-state index contributed by atoms with van der Waals surface area (Å²) < 4.78 is 16.8. The molecule has 0 fully saturated rings. The Morgan fingerprint density at radius 2 is 1.05 bits per heavy atom. The average Bonchev–Trinajstić information content (AvgIpc) is 2.36. The van der Waals surface area contributed by atoms with Crippen LogP contribution in [0.3, 0.4) is 0 Å². The summed E-state index contributed by atoms with van der Waals surface area (Å²) in [4.78, 5) is 0. The number of rotatable bonds is 13. The number of hydrogen-bond donors (Lipinski definition) is 0. The standard InChI is InChI=1S/C19H40O3/c1-18(2,3)12-8-7-9-13-20-14-10-15-21-16-11-17-22-19(4,5)6/h7-17H2,1-6H3. The van der Waals surface area contributed by atoms with Gasteiger partial charge in [0.2, 0.25) is 0 Å². The van der Waals surface area contributed by atoms with Crippen LogP contribution >= 0.6 is 0 Å². The molecule has 3 nitrogen and oxygen atoms in total. The molecule has 0 aliphatic heterocycles. The van der Waals surface area contributed by atoms with Gasteiger partial charge < -0.3 is 14.2 Å². The molecule has 22 heavy (non-hydrogen) atoms. The van der Waals surface area contributed by atoms with Crippen LogP contribution in [0, 0.1) is 5.41 Å². The predicted octanol–water partition coefficient (Wildman–Crippen LogP) is 5.22. The molecule has 0 aromatic heterocycles. The van der Waals surface area contributed by atoms with E-state index in [1.54, 1.807) is 0 Å². The first-order valence-electron chi connectivity index (χ1n) is 9.00. The average molecular weight is 317 g/mol. The van der Waals surface area contributed by atoms with Gasteiger partial charge in [-0.05, 0) is 51.9 Å². The first kappa shape index (κ1) is 21.9. The summed E-state index contributed by atoms with van der Waals surface area (Å²) in [5.41, 5.74) is 0.427. The van der Waals surface area contributed by atoms with Gasteiger partial charge in [-0.1, -0.05) is 33.6 Å². The molecule has 0 saturated carbocycles. The molecule has 0 aliphatic rings. The third-order valence-corrected chi connectivity index (χ3v) is 3.26. The van der Waals surface area contributed by atoms with E-state index in [4.69, 9.17) is 14.2 Å². The van der Waals surface area contributed by atoms with Crippen molar-refractivity contribution < 1.29 is 14.2 Å². The summed E-state index contributed by atoms with van der Waals surface area (Å²) >= 11 is 0. The van der Waals surface area contributed by atoms with Gasteiger partial charge in [0.05, 0.1) is 5.60 Å². The predicted molar refractivity (Wildman–Crippen MR) is 94.5 cm³/mol. The molecule has 0 N–H and O–H groups in total. The van der Waals surface area contributed by atoms with E-state index in [0.29, 0.717) is 5.41 Å². The van der Waals surface area contributed by atoms with E-state index in [1.807, 2.05) is 0 Å². The van der Waals surface area contributed by atoms with Gasteiger partial charge >= 0.3 is 0 Å². The van der Waals surface area contributed by atoms with E-state index in [-0.39, 0.29) is 5.60 Å². The molecule has 0 aromatic rings. The van der Waals surface area contributed by atoms with Crippen LogP contribution in [-0.4, -0.2) is 38.6 Å². The summed E-state index contributed by atoms with van der Waals surface area (Å²) in [7, 11) is 0. The molecule has 3 heteroatoms. The fourth-order valence-electron chi connectivity index (χ4n) is 2.04. The van der Waals surface area contributed by atoms with Gasteiger partial charge in [-0.3, -0.25) is 0 Å². The molecule has 0 aliphatic carbocycles. The first-order valence-corrected chi connectivity index (χ1v) is 9.00. The van der Waals surface area contributed by atoms with Crippen molar-refractivity contribution in [3.63, 3.8) is 0 Å². The minimum absolute atomic E-state index is 0.0410. The highest BCUT2D eigenvalue weighted by Gasteiger charge is 2.09. The van der Waals surface area contributed by atoms with Crippen molar-refractivity contribution in [2.75, 3.05) is 33.0 Å². The van der Waals surface area contributed by atoms with Crippen molar-refractivity contribution in [1.82, 2.24) is 0 Å². The fourth-order valence-corrected chi connectivity index (χ4v) is 2.04. The van der Waals surface area contributed by atoms with Crippen molar-refractivity contribution >= 4 is 0 Å². The number of ether oxygens (including phenoxy) is 3. The topological polar surface area (TPSA) is 27.7 Å². The fraction of sp³-hybridized carbons (Fsp3) is 1.00. The van der Waals surface area contributed by atoms with Gasteiger partial charge in [-0.15, -0.1) is 0 Å². The monoisotopic (exact) mass is 316 g/mol. The third-order valence-electron chi connectivity index (χ3n) is 3.26. The lowest BCUT2D eigenvalue weighted by Gasteiger charge is -2.19. The molecular formula is C19H40O3. The van der Waals surface area contributed by atoms with Gasteiger partial charge in [0.25, 0.3) is 0 Å². The minimum Gasteiger partial charge on any atom is -0.381 e. The van der Waals surface area contributed by atoms with Crippen LogP contribution in [0.4, 0.5) is 0 Å². The van der Waals surface area contributed by atoms with Crippen LogP contribution < -0.4 is 0 Å². The van der Waals surface area contributed by atoms with Crippen LogP contribution in [0.2, 0.25) is 0 Å². The highest BCUT2D eigenvalue weighted by atomic mass is 16.5. The summed E-state index contributed by atoms with van der Waals surface area (Å²) in [6.07, 6.45) is 7.03. The number of unbranched alkanes of at least 4 members (excludes halogenated alkanes) is 2. The quantitative estimate of drug-likeness (QED) is 0.436. The smallest absolute Gasteiger partial charge is 0.0598 e. The molecule has 0 spiro atoms. The van der Waals surface area contributed by atoms with E-state index in [0.717, 1.165) is 45.9 Å². The zero-order chi connectivity index (χ0) is 16.9. The van der Waals surface area contributed by atoms with E-state index in [2.05, 4.69) is 41.5 Å². The van der Waals surface area contributed by atoms with Gasteiger partial charge in [0.1, 0.15) is 0 Å². The molecule has 134 valence electrons. The minimum atomic E-state index is -0.0410. The Bertz CT molecular complexity index is 212. The summed E-state index contributed by atoms with van der Waals surface area (Å²) in [6.45, 7) is 17.2. The van der Waals surface area contributed by atoms with Crippen LogP contribution in [0.1, 0.15) is 80.1 Å². The van der Waals surface area contributed by atoms with Gasteiger partial charge in [-0.2, -0.15) is 0 Å². The summed E-state index contributed by atoms with van der Waals surface area (Å²) in [6, 6.07) is 0. The zero-order valence-corrected chi connectivity index (χ0v) is 16.0. The van der Waals surface area contributed by atoms with Crippen LogP contribution in [-0.2, 0) is 14.2 Å². The Labute approximate surface area is 139 Å². The van der Waals surface area contributed by atoms with Crippen molar-refractivity contribution in [3.05, 3.63) is 0 Å². The summed E-state index contributed by atoms with van der Waals surface area (Å²) in [5.74, 6) is 0. The lowest BCUT2D eigenvalue weighted by molar-refractivity contribution is -0.0149. The Kier molecular flexibility index (Phi) is 12.3. The number of hydrogen-bond acceptors (Lipinski definition) is 3. The Hall–Kier alpha value is -0.120. The first-order chi connectivity index (χ1) is 10.2. The second-order valence-electron chi connectivity index (χ2n) is 8.26. The molecule has 0 atom stereocenters. The Morgan fingerprint density at radius 1 is 0.545 bits per heavy atom. The third kappa shape index (κ3) is 19.9. The van der Waals surface area contributed by atoms with Crippen molar-refractivity contribution in [2.24, 2.45) is 5.41 Å². The lowest BCUT2D eigenvalue weighted by Crippen LogP contribution is -2.20. The highest BCUT2D eigenvalue weighted by molar-refractivity contribution is 4.61. The maximum absolute atomic E-state index is 5.64. The molecule has 0 radical (unpaired) electrons. The van der Waals surface area contributed by atoms with Crippen LogP contribution in [0.15, 0.2) is 0 Å². The molecule has 0 heterocycles. The zero-order valence-electron chi connectivity index (χ0n) is 16.0. The SMILES string of the molecule is CC(C)(C)CCCCCOCCCOCCCOC(C)(C)C.